The molecule has 1 aliphatic rings. The van der Waals surface area contributed by atoms with Crippen molar-refractivity contribution in [3.8, 4) is 0 Å². The molecular formula is C11H25NO. The molecule has 0 aromatic carbocycles. The first-order chi connectivity index (χ1) is 6.26. The zero-order valence-electron chi connectivity index (χ0n) is 9.34. The molecular weight excluding hydrogens is 162 g/mol. The Balaban J connectivity index is 0.000000424. The lowest BCUT2D eigenvalue weighted by Crippen LogP contribution is -2.31. The van der Waals surface area contributed by atoms with Crippen LogP contribution in [0.3, 0.4) is 0 Å². The van der Waals surface area contributed by atoms with Gasteiger partial charge in [0.1, 0.15) is 0 Å². The standard InChI is InChI=1S/C9H19N.C2H6O/c1-3-7-10-9-6-4-5-8(9)2;1-2-3/h8-10H,3-7H2,1-2H3;3H,2H2,1H3. The second-order valence-electron chi connectivity index (χ2n) is 3.79. The van der Waals surface area contributed by atoms with Crippen LogP contribution >= 0.6 is 0 Å². The number of aliphatic hydroxyl groups is 1. The van der Waals surface area contributed by atoms with Gasteiger partial charge in [0, 0.05) is 12.6 Å². The van der Waals surface area contributed by atoms with E-state index in [1.807, 2.05) is 0 Å². The summed E-state index contributed by atoms with van der Waals surface area (Å²) in [5.74, 6) is 0.923. The van der Waals surface area contributed by atoms with Crippen molar-refractivity contribution < 1.29 is 5.11 Å². The molecule has 0 bridgehead atoms. The van der Waals surface area contributed by atoms with Gasteiger partial charge in [-0.2, -0.15) is 0 Å². The second-order valence-corrected chi connectivity index (χ2v) is 3.79. The number of hydrogen-bond donors (Lipinski definition) is 2. The SMILES string of the molecule is CCCNC1CCCC1C.CCO. The van der Waals surface area contributed by atoms with Crippen LogP contribution in [0.1, 0.15) is 46.5 Å². The third-order valence-electron chi connectivity index (χ3n) is 2.52. The van der Waals surface area contributed by atoms with E-state index in [0.29, 0.717) is 0 Å². The summed E-state index contributed by atoms with van der Waals surface area (Å²) in [6, 6.07) is 0.833. The minimum Gasteiger partial charge on any atom is -0.397 e. The van der Waals surface area contributed by atoms with E-state index in [-0.39, 0.29) is 6.61 Å². The molecule has 0 aromatic rings. The number of nitrogens with one attached hydrogen (secondary N) is 1. The number of rotatable bonds is 3. The van der Waals surface area contributed by atoms with Gasteiger partial charge in [0.25, 0.3) is 0 Å². The van der Waals surface area contributed by atoms with E-state index in [4.69, 9.17) is 5.11 Å². The predicted octanol–water partition coefficient (Wildman–Crippen LogP) is 2.17. The maximum atomic E-state index is 7.57. The van der Waals surface area contributed by atoms with Crippen LogP contribution in [-0.4, -0.2) is 24.3 Å². The number of aliphatic hydroxyl groups excluding tert-OH is 1. The summed E-state index contributed by atoms with van der Waals surface area (Å²) < 4.78 is 0. The highest BCUT2D eigenvalue weighted by atomic mass is 16.2. The summed E-state index contributed by atoms with van der Waals surface area (Å²) in [4.78, 5) is 0. The molecule has 80 valence electrons. The third kappa shape index (κ3) is 6.05. The lowest BCUT2D eigenvalue weighted by molar-refractivity contribution is 0.318. The second kappa shape index (κ2) is 8.52. The van der Waals surface area contributed by atoms with Crippen LogP contribution in [0.5, 0.6) is 0 Å². The van der Waals surface area contributed by atoms with E-state index < -0.39 is 0 Å². The van der Waals surface area contributed by atoms with Crippen molar-refractivity contribution >= 4 is 0 Å². The molecule has 2 heteroatoms. The molecule has 2 atom stereocenters. The van der Waals surface area contributed by atoms with Gasteiger partial charge >= 0.3 is 0 Å². The first-order valence-electron chi connectivity index (χ1n) is 5.60. The van der Waals surface area contributed by atoms with Crippen molar-refractivity contribution in [3.63, 3.8) is 0 Å². The highest BCUT2D eigenvalue weighted by Crippen LogP contribution is 2.24. The molecule has 0 heterocycles. The van der Waals surface area contributed by atoms with Gasteiger partial charge in [-0.05, 0) is 38.6 Å². The minimum atomic E-state index is 0.250. The first kappa shape index (κ1) is 12.9. The van der Waals surface area contributed by atoms with Crippen molar-refractivity contribution in [2.24, 2.45) is 5.92 Å². The molecule has 0 spiro atoms. The quantitative estimate of drug-likeness (QED) is 0.709. The van der Waals surface area contributed by atoms with E-state index in [0.717, 1.165) is 12.0 Å². The topological polar surface area (TPSA) is 32.3 Å². The summed E-state index contributed by atoms with van der Waals surface area (Å²) in [5, 5.41) is 11.2. The summed E-state index contributed by atoms with van der Waals surface area (Å²) in [6.45, 7) is 7.72. The maximum Gasteiger partial charge on any atom is 0.0402 e. The van der Waals surface area contributed by atoms with E-state index in [2.05, 4.69) is 19.2 Å². The fourth-order valence-corrected chi connectivity index (χ4v) is 1.78. The molecule has 1 aliphatic carbocycles. The van der Waals surface area contributed by atoms with Crippen molar-refractivity contribution in [3.05, 3.63) is 0 Å². The normalized spacial score (nSPS) is 26.8. The summed E-state index contributed by atoms with van der Waals surface area (Å²) >= 11 is 0. The Kier molecular flexibility index (Phi) is 8.46. The molecule has 13 heavy (non-hydrogen) atoms. The fraction of sp³-hybridized carbons (Fsp3) is 1.00. The summed E-state index contributed by atoms with van der Waals surface area (Å²) in [6.07, 6.45) is 5.54. The molecule has 0 amide bonds. The van der Waals surface area contributed by atoms with Gasteiger partial charge in [0.2, 0.25) is 0 Å². The van der Waals surface area contributed by atoms with Gasteiger partial charge in [-0.1, -0.05) is 20.3 Å². The van der Waals surface area contributed by atoms with E-state index in [9.17, 15) is 0 Å². The molecule has 2 nitrogen and oxygen atoms in total. The van der Waals surface area contributed by atoms with Crippen molar-refractivity contribution in [2.45, 2.75) is 52.5 Å². The Labute approximate surface area is 82.7 Å². The largest absolute Gasteiger partial charge is 0.397 e. The molecule has 0 radical (unpaired) electrons. The highest BCUT2D eigenvalue weighted by molar-refractivity contribution is 4.79. The Morgan fingerprint density at radius 3 is 2.31 bits per heavy atom. The van der Waals surface area contributed by atoms with Gasteiger partial charge in [-0.15, -0.1) is 0 Å². The highest BCUT2D eigenvalue weighted by Gasteiger charge is 2.21. The molecule has 0 saturated heterocycles. The zero-order valence-corrected chi connectivity index (χ0v) is 9.34. The molecule has 1 fully saturated rings. The van der Waals surface area contributed by atoms with Gasteiger partial charge in [-0.25, -0.2) is 0 Å². The van der Waals surface area contributed by atoms with Gasteiger partial charge in [0.15, 0.2) is 0 Å². The minimum absolute atomic E-state index is 0.250. The van der Waals surface area contributed by atoms with Crippen LogP contribution in [0.2, 0.25) is 0 Å². The Bertz CT molecular complexity index is 106. The molecule has 0 aromatic heterocycles. The zero-order chi connectivity index (χ0) is 10.1. The van der Waals surface area contributed by atoms with Crippen molar-refractivity contribution in [2.75, 3.05) is 13.2 Å². The van der Waals surface area contributed by atoms with Crippen LogP contribution in [-0.2, 0) is 0 Å². The smallest absolute Gasteiger partial charge is 0.0402 e. The van der Waals surface area contributed by atoms with Crippen LogP contribution in [0.4, 0.5) is 0 Å². The van der Waals surface area contributed by atoms with Crippen LogP contribution in [0.25, 0.3) is 0 Å². The Morgan fingerprint density at radius 1 is 1.31 bits per heavy atom. The summed E-state index contributed by atoms with van der Waals surface area (Å²) in [5.41, 5.74) is 0. The molecule has 0 aliphatic heterocycles. The van der Waals surface area contributed by atoms with Crippen LogP contribution in [0.15, 0.2) is 0 Å². The molecule has 1 rings (SSSR count). The van der Waals surface area contributed by atoms with Crippen molar-refractivity contribution in [1.82, 2.24) is 5.32 Å². The molecule has 2 unspecified atom stereocenters. The average molecular weight is 187 g/mol. The lowest BCUT2D eigenvalue weighted by atomic mass is 10.1. The van der Waals surface area contributed by atoms with E-state index in [1.54, 1.807) is 6.92 Å². The Hall–Kier alpha value is -0.0800. The first-order valence-corrected chi connectivity index (χ1v) is 5.60. The summed E-state index contributed by atoms with van der Waals surface area (Å²) in [7, 11) is 0. The fourth-order valence-electron chi connectivity index (χ4n) is 1.78. The van der Waals surface area contributed by atoms with Crippen LogP contribution < -0.4 is 5.32 Å². The van der Waals surface area contributed by atoms with Gasteiger partial charge in [-0.3, -0.25) is 0 Å². The van der Waals surface area contributed by atoms with Crippen molar-refractivity contribution in [1.29, 1.82) is 0 Å². The van der Waals surface area contributed by atoms with Gasteiger partial charge < -0.3 is 10.4 Å². The van der Waals surface area contributed by atoms with E-state index >= 15 is 0 Å². The maximum absolute atomic E-state index is 7.57. The van der Waals surface area contributed by atoms with E-state index in [1.165, 1.54) is 32.2 Å². The monoisotopic (exact) mass is 187 g/mol. The third-order valence-corrected chi connectivity index (χ3v) is 2.52. The van der Waals surface area contributed by atoms with Crippen LogP contribution in [0, 0.1) is 5.92 Å². The average Bonchev–Trinajstić information content (AvgIpc) is 2.49. The Morgan fingerprint density at radius 2 is 1.92 bits per heavy atom. The molecule has 2 N–H and O–H groups in total. The number of hydrogen-bond acceptors (Lipinski definition) is 2. The predicted molar refractivity (Wildman–Crippen MR) is 57.9 cm³/mol. The lowest BCUT2D eigenvalue weighted by Gasteiger charge is -2.16. The van der Waals surface area contributed by atoms with Gasteiger partial charge in [0.05, 0.1) is 0 Å². The molecule has 1 saturated carbocycles.